The van der Waals surface area contributed by atoms with E-state index in [-0.39, 0.29) is 33.6 Å². The van der Waals surface area contributed by atoms with Gasteiger partial charge in [0.2, 0.25) is 11.8 Å². The lowest BCUT2D eigenvalue weighted by atomic mass is 10.0. The van der Waals surface area contributed by atoms with Crippen molar-refractivity contribution in [1.29, 1.82) is 0 Å². The lowest BCUT2D eigenvalue weighted by Gasteiger charge is -2.33. The molecule has 0 aliphatic rings. The van der Waals surface area contributed by atoms with Crippen LogP contribution >= 0.6 is 23.2 Å². The molecule has 2 amide bonds. The lowest BCUT2D eigenvalue weighted by Crippen LogP contribution is -2.53. The Balaban J connectivity index is 1.80. The Bertz CT molecular complexity index is 1640. The molecule has 0 aliphatic carbocycles. The van der Waals surface area contributed by atoms with E-state index in [1.807, 2.05) is 30.3 Å². The number of benzene rings is 4. The molecule has 0 heterocycles. The second-order valence-electron chi connectivity index (χ2n) is 9.39. The first-order valence-electron chi connectivity index (χ1n) is 12.9. The molecular weight excluding hydrogens is 600 g/mol. The summed E-state index contributed by atoms with van der Waals surface area (Å²) in [6.45, 7) is -0.764. The number of sulfonamides is 1. The SMILES string of the molecule is CNC(=O)[C@H](Cc1ccccc1)N(Cc1ccc(F)cc1)C(=O)CN(c1ccc(Cl)cc1Cl)S(=O)(=O)c1ccccc1. The van der Waals surface area contributed by atoms with Gasteiger partial charge in [-0.3, -0.25) is 13.9 Å². The van der Waals surface area contributed by atoms with Crippen LogP contribution in [0.15, 0.2) is 108 Å². The van der Waals surface area contributed by atoms with Gasteiger partial charge in [-0.1, -0.05) is 83.9 Å². The highest BCUT2D eigenvalue weighted by atomic mass is 35.5. The molecule has 7 nitrogen and oxygen atoms in total. The first kappa shape index (κ1) is 31.0. The maximum Gasteiger partial charge on any atom is 0.264 e. The van der Waals surface area contributed by atoms with Crippen molar-refractivity contribution in [3.05, 3.63) is 130 Å². The van der Waals surface area contributed by atoms with E-state index in [0.717, 1.165) is 9.87 Å². The van der Waals surface area contributed by atoms with Crippen molar-refractivity contribution in [3.63, 3.8) is 0 Å². The summed E-state index contributed by atoms with van der Waals surface area (Å²) in [6, 6.07) is 25.5. The molecule has 0 spiro atoms. The Morgan fingerprint density at radius 3 is 2.07 bits per heavy atom. The van der Waals surface area contributed by atoms with Gasteiger partial charge in [-0.15, -0.1) is 0 Å². The topological polar surface area (TPSA) is 86.8 Å². The minimum atomic E-state index is -4.30. The van der Waals surface area contributed by atoms with Gasteiger partial charge in [0, 0.05) is 25.0 Å². The zero-order valence-electron chi connectivity index (χ0n) is 22.6. The van der Waals surface area contributed by atoms with E-state index in [2.05, 4.69) is 5.32 Å². The molecule has 0 aromatic heterocycles. The van der Waals surface area contributed by atoms with Gasteiger partial charge in [0.1, 0.15) is 18.4 Å². The summed E-state index contributed by atoms with van der Waals surface area (Å²) in [4.78, 5) is 28.7. The first-order chi connectivity index (χ1) is 20.1. The largest absolute Gasteiger partial charge is 0.357 e. The Morgan fingerprint density at radius 1 is 0.857 bits per heavy atom. The predicted octanol–water partition coefficient (Wildman–Crippen LogP) is 5.71. The van der Waals surface area contributed by atoms with Crippen LogP contribution in [-0.2, 0) is 32.6 Å². The summed E-state index contributed by atoms with van der Waals surface area (Å²) in [5, 5.41) is 2.92. The van der Waals surface area contributed by atoms with E-state index in [9.17, 15) is 22.4 Å². The highest BCUT2D eigenvalue weighted by Crippen LogP contribution is 2.33. The van der Waals surface area contributed by atoms with Crippen molar-refractivity contribution in [3.8, 4) is 0 Å². The van der Waals surface area contributed by atoms with Crippen molar-refractivity contribution >= 4 is 50.7 Å². The Morgan fingerprint density at radius 2 is 1.48 bits per heavy atom. The molecular formula is C31H28Cl2FN3O4S. The van der Waals surface area contributed by atoms with Gasteiger partial charge >= 0.3 is 0 Å². The number of rotatable bonds is 11. The Kier molecular flexibility index (Phi) is 10.2. The van der Waals surface area contributed by atoms with Crippen LogP contribution in [0.3, 0.4) is 0 Å². The second kappa shape index (κ2) is 13.8. The van der Waals surface area contributed by atoms with Crippen LogP contribution in [-0.4, -0.2) is 44.8 Å². The van der Waals surface area contributed by atoms with E-state index in [1.165, 1.54) is 66.5 Å². The predicted molar refractivity (Wildman–Crippen MR) is 162 cm³/mol. The molecule has 0 fully saturated rings. The summed E-state index contributed by atoms with van der Waals surface area (Å²) < 4.78 is 42.4. The Labute approximate surface area is 254 Å². The van der Waals surface area contributed by atoms with Crippen LogP contribution in [0, 0.1) is 5.82 Å². The molecule has 4 aromatic carbocycles. The third-order valence-corrected chi connectivity index (χ3v) is 8.88. The number of nitrogens with one attached hydrogen (secondary N) is 1. The zero-order valence-corrected chi connectivity index (χ0v) is 24.9. The fourth-order valence-electron chi connectivity index (χ4n) is 4.42. The molecule has 0 bridgehead atoms. The van der Waals surface area contributed by atoms with Crippen molar-refractivity contribution in [2.24, 2.45) is 0 Å². The Hall–Kier alpha value is -3.92. The number of hydrogen-bond acceptors (Lipinski definition) is 4. The molecule has 4 rings (SSSR count). The molecule has 218 valence electrons. The third kappa shape index (κ3) is 7.47. The van der Waals surface area contributed by atoms with Crippen LogP contribution in [0.5, 0.6) is 0 Å². The van der Waals surface area contributed by atoms with E-state index < -0.39 is 40.2 Å². The van der Waals surface area contributed by atoms with Gasteiger partial charge in [-0.2, -0.15) is 0 Å². The highest BCUT2D eigenvalue weighted by molar-refractivity contribution is 7.92. The van der Waals surface area contributed by atoms with E-state index in [4.69, 9.17) is 23.2 Å². The van der Waals surface area contributed by atoms with E-state index in [0.29, 0.717) is 5.56 Å². The standard InChI is InChI=1S/C31H28Cl2FN3O4S/c1-35-31(39)29(18-22-8-4-2-5-9-22)36(20-23-12-15-25(34)16-13-23)30(38)21-37(28-17-14-24(32)19-27(28)33)42(40,41)26-10-6-3-7-11-26/h2-17,19,29H,18,20-21H2,1H3,(H,35,39)/t29-/m0/s1. The van der Waals surface area contributed by atoms with Crippen LogP contribution in [0.25, 0.3) is 0 Å². The van der Waals surface area contributed by atoms with Gasteiger partial charge in [0.25, 0.3) is 10.0 Å². The minimum absolute atomic E-state index is 0.0204. The molecule has 0 saturated heterocycles. The summed E-state index contributed by atoms with van der Waals surface area (Å²) >= 11 is 12.5. The van der Waals surface area contributed by atoms with Crippen molar-refractivity contribution in [1.82, 2.24) is 10.2 Å². The number of carbonyl (C=O) groups excluding carboxylic acids is 2. The average Bonchev–Trinajstić information content (AvgIpc) is 2.99. The molecule has 11 heteroatoms. The monoisotopic (exact) mass is 627 g/mol. The number of hydrogen-bond donors (Lipinski definition) is 1. The number of likely N-dealkylation sites (N-methyl/N-ethyl adjacent to an activating group) is 1. The summed E-state index contributed by atoms with van der Waals surface area (Å²) in [7, 11) is -2.84. The number of nitrogens with zero attached hydrogens (tertiary/aromatic N) is 2. The number of carbonyl (C=O) groups is 2. The summed E-state index contributed by atoms with van der Waals surface area (Å²) in [5.74, 6) is -1.58. The minimum Gasteiger partial charge on any atom is -0.357 e. The zero-order chi connectivity index (χ0) is 30.3. The molecule has 0 aliphatic heterocycles. The lowest BCUT2D eigenvalue weighted by molar-refractivity contribution is -0.139. The van der Waals surface area contributed by atoms with Crippen LogP contribution in [0.4, 0.5) is 10.1 Å². The van der Waals surface area contributed by atoms with Gasteiger partial charge in [-0.25, -0.2) is 12.8 Å². The quantitative estimate of drug-likeness (QED) is 0.231. The van der Waals surface area contributed by atoms with Gasteiger partial charge in [0.05, 0.1) is 15.6 Å². The number of anilines is 1. The van der Waals surface area contributed by atoms with E-state index in [1.54, 1.807) is 18.2 Å². The van der Waals surface area contributed by atoms with Crippen molar-refractivity contribution in [2.45, 2.75) is 23.9 Å². The fraction of sp³-hybridized carbons (Fsp3) is 0.161. The molecule has 0 radical (unpaired) electrons. The van der Waals surface area contributed by atoms with Crippen LogP contribution in [0.2, 0.25) is 10.0 Å². The van der Waals surface area contributed by atoms with Crippen molar-refractivity contribution in [2.75, 3.05) is 17.9 Å². The maximum absolute atomic E-state index is 14.2. The van der Waals surface area contributed by atoms with E-state index >= 15 is 0 Å². The second-order valence-corrected chi connectivity index (χ2v) is 12.1. The molecule has 1 atom stereocenters. The molecule has 0 saturated carbocycles. The first-order valence-corrected chi connectivity index (χ1v) is 15.1. The van der Waals surface area contributed by atoms with Crippen molar-refractivity contribution < 1.29 is 22.4 Å². The smallest absolute Gasteiger partial charge is 0.264 e. The molecule has 1 N–H and O–H groups in total. The number of amides is 2. The average molecular weight is 629 g/mol. The molecule has 42 heavy (non-hydrogen) atoms. The molecule has 0 unspecified atom stereocenters. The van der Waals surface area contributed by atoms with Gasteiger partial charge < -0.3 is 10.2 Å². The normalized spacial score (nSPS) is 11.9. The summed E-state index contributed by atoms with van der Waals surface area (Å²) in [6.07, 6.45) is 0.153. The van der Waals surface area contributed by atoms with Crippen LogP contribution < -0.4 is 9.62 Å². The van der Waals surface area contributed by atoms with Gasteiger partial charge in [0.15, 0.2) is 0 Å². The third-order valence-electron chi connectivity index (χ3n) is 6.57. The fourth-order valence-corrected chi connectivity index (χ4v) is 6.44. The van der Waals surface area contributed by atoms with Crippen LogP contribution in [0.1, 0.15) is 11.1 Å². The number of halogens is 3. The summed E-state index contributed by atoms with van der Waals surface area (Å²) in [5.41, 5.74) is 1.38. The molecule has 4 aromatic rings. The highest BCUT2D eigenvalue weighted by Gasteiger charge is 2.35. The maximum atomic E-state index is 14.2. The van der Waals surface area contributed by atoms with Gasteiger partial charge in [-0.05, 0) is 53.6 Å².